The Morgan fingerprint density at radius 2 is 0.148 bits per heavy atom. The van der Waals surface area contributed by atoms with Crippen molar-refractivity contribution in [3.63, 3.8) is 0 Å². The van der Waals surface area contributed by atoms with Gasteiger partial charge in [0.1, 0.15) is 0 Å². The quantitative estimate of drug-likeness (QED) is 0.250. The second kappa shape index (κ2) is 8940. The van der Waals surface area contributed by atoms with Gasteiger partial charge in [0.2, 0.25) is 0 Å². The third-order valence-electron chi connectivity index (χ3n) is 0. The summed E-state index contributed by atoms with van der Waals surface area (Å²) in [5.41, 5.74) is 0. The Kier molecular flexibility index (Phi) is 45200. The predicted octanol–water partition coefficient (Wildman–Crippen LogP) is 0.0633. The number of rotatable bonds is 0. The molecule has 27 heavy (non-hydrogen) atoms. The molecule has 0 radical (unpaired) electrons. The van der Waals surface area contributed by atoms with Crippen LogP contribution in [0.15, 0.2) is 0 Å². The van der Waals surface area contributed by atoms with Crippen LogP contribution in [0.1, 0.15) is 0 Å². The Morgan fingerprint density at radius 1 is 0.148 bits per heavy atom. The van der Waals surface area contributed by atoms with E-state index in [4.69, 9.17) is 55.8 Å². The standard InChI is InChI=1S/12CHO.3Ru/c12*1-2;;;/h12*1H;;;/q12*+1;;;. The molecule has 0 heterocycles. The number of hydrogen-bond donors (Lipinski definition) is 0. The van der Waals surface area contributed by atoms with Crippen molar-refractivity contribution in [3.05, 3.63) is 0 Å². The molecule has 12 nitrogen and oxygen atoms in total. The molecule has 0 unspecified atom stereocenters. The topological polar surface area (TPSA) is 239 Å². The predicted molar refractivity (Wildman–Crippen MR) is 67.6 cm³/mol. The summed E-state index contributed by atoms with van der Waals surface area (Å²) in [6.07, 6.45) is 0. The van der Waals surface area contributed by atoms with E-state index < -0.39 is 0 Å². The third kappa shape index (κ3) is 8200. The third-order valence-corrected chi connectivity index (χ3v) is 0. The van der Waals surface area contributed by atoms with Crippen LogP contribution >= 0.6 is 0 Å². The zero-order valence-corrected chi connectivity index (χ0v) is 18.1. The SMILES string of the molecule is C#[O+].C#[O+].C#[O+].C#[O+].C#[O+].C#[O+].C#[O+].C#[O+].C#[O+].C#[O+].C#[O+].C#[O+].[Ru].[Ru].[Ru]. The van der Waals surface area contributed by atoms with Crippen LogP contribution in [-0.4, -0.2) is 0 Å². The van der Waals surface area contributed by atoms with E-state index in [1.807, 2.05) is 0 Å². The van der Waals surface area contributed by atoms with Crippen molar-refractivity contribution in [1.29, 1.82) is 0 Å². The summed E-state index contributed by atoms with van der Waals surface area (Å²) in [6, 6.07) is 0. The van der Waals surface area contributed by atoms with Gasteiger partial charge < -0.3 is 0 Å². The summed E-state index contributed by atoms with van der Waals surface area (Å²) < 4.78 is 93.0. The molecule has 0 aliphatic carbocycles. The zero-order valence-electron chi connectivity index (χ0n) is 12.9. The summed E-state index contributed by atoms with van der Waals surface area (Å²) in [6.45, 7) is 39.0. The van der Waals surface area contributed by atoms with Crippen LogP contribution in [0, 0.1) is 79.8 Å². The van der Waals surface area contributed by atoms with Gasteiger partial charge >= 0.3 is 136 Å². The molecule has 0 rings (SSSR count). The first-order valence-electron chi connectivity index (χ1n) is 2.83. The zero-order chi connectivity index (χ0) is 24.0. The Morgan fingerprint density at radius 3 is 0.148 bits per heavy atom. The van der Waals surface area contributed by atoms with Gasteiger partial charge in [-0.05, 0) is 0 Å². The second-order valence-corrected chi connectivity index (χ2v) is 0. The van der Waals surface area contributed by atoms with E-state index in [0.717, 1.165) is 0 Å². The maximum atomic E-state index is 7.75. The first-order valence-corrected chi connectivity index (χ1v) is 2.83. The normalized spacial score (nSPS) is 0.889. The van der Waals surface area contributed by atoms with E-state index in [0.29, 0.717) is 0 Å². The van der Waals surface area contributed by atoms with Crippen LogP contribution < -0.4 is 0 Å². The van der Waals surface area contributed by atoms with Crippen molar-refractivity contribution in [2.24, 2.45) is 0 Å². The largest absolute Gasteiger partial charge is 0 e. The molecule has 0 aromatic heterocycles. The van der Waals surface area contributed by atoms with E-state index in [1.54, 1.807) is 0 Å². The summed E-state index contributed by atoms with van der Waals surface area (Å²) in [7, 11) is 0. The van der Waals surface area contributed by atoms with E-state index in [1.165, 1.54) is 0 Å². The van der Waals surface area contributed by atoms with Gasteiger partial charge in [0.05, 0.1) is 0 Å². The molecular formula is C12H12O12Ru3+12. The van der Waals surface area contributed by atoms with Crippen LogP contribution in [0.25, 0.3) is 0 Å². The van der Waals surface area contributed by atoms with E-state index >= 15 is 0 Å². The van der Waals surface area contributed by atoms with Gasteiger partial charge in [0.25, 0.3) is 0 Å². The molecule has 0 atom stereocenters. The summed E-state index contributed by atoms with van der Waals surface area (Å²) in [4.78, 5) is 0. The van der Waals surface area contributed by atoms with Gasteiger partial charge in [-0.3, -0.25) is 0 Å². The van der Waals surface area contributed by atoms with Crippen LogP contribution in [0.2, 0.25) is 0 Å². The molecule has 144 valence electrons. The van der Waals surface area contributed by atoms with E-state index in [-0.39, 0.29) is 58.4 Å². The van der Waals surface area contributed by atoms with Gasteiger partial charge in [-0.15, -0.1) is 0 Å². The molecule has 0 saturated carbocycles. The Hall–Kier alpha value is -1.25. The first-order chi connectivity index (χ1) is 12.0. The minimum absolute atomic E-state index is 0. The molecule has 15 heteroatoms. The molecule has 0 fully saturated rings. The molecule has 0 amide bonds. The second-order valence-electron chi connectivity index (χ2n) is 0. The minimum atomic E-state index is 0. The fourth-order valence-corrected chi connectivity index (χ4v) is 0. The van der Waals surface area contributed by atoms with Crippen LogP contribution in [0.5, 0.6) is 0 Å². The molecule has 0 saturated heterocycles. The van der Waals surface area contributed by atoms with Crippen molar-refractivity contribution in [2.45, 2.75) is 0 Å². The van der Waals surface area contributed by atoms with Gasteiger partial charge in [0.15, 0.2) is 0 Å². The first kappa shape index (κ1) is 136. The van der Waals surface area contributed by atoms with Crippen molar-refractivity contribution in [1.82, 2.24) is 0 Å². The maximum absolute atomic E-state index is 7.75. The summed E-state index contributed by atoms with van der Waals surface area (Å²) >= 11 is 0. The van der Waals surface area contributed by atoms with E-state index in [9.17, 15) is 0 Å². The van der Waals surface area contributed by atoms with Gasteiger partial charge in [-0.25, -0.2) is 0 Å². The van der Waals surface area contributed by atoms with Crippen LogP contribution in [0.3, 0.4) is 0 Å². The molecular weight excluding hydrogens is 639 g/mol. The summed E-state index contributed by atoms with van der Waals surface area (Å²) in [5.74, 6) is 0. The van der Waals surface area contributed by atoms with Gasteiger partial charge in [-0.2, -0.15) is 0 Å². The molecule has 0 aliphatic rings. The average Bonchev–Trinajstić information content (AvgIpc) is 2.84. The van der Waals surface area contributed by atoms with E-state index in [2.05, 4.69) is 79.8 Å². The average molecular weight is 651 g/mol. The van der Waals surface area contributed by atoms with Gasteiger partial charge in [0, 0.05) is 58.4 Å². The Bertz CT molecular complexity index is 224. The monoisotopic (exact) mass is 654 g/mol. The van der Waals surface area contributed by atoms with Crippen molar-refractivity contribution >= 4 is 0 Å². The fraction of sp³-hybridized carbons (Fsp3) is 0. The van der Waals surface area contributed by atoms with Crippen LogP contribution in [0.4, 0.5) is 0 Å². The number of hydrogen-bond acceptors (Lipinski definition) is 0. The van der Waals surface area contributed by atoms with Crippen LogP contribution in [-0.2, 0) is 114 Å². The molecule has 0 aromatic carbocycles. The smallest absolute Gasteiger partial charge is 0 e. The maximum Gasteiger partial charge on any atom is 0 e. The Balaban J connectivity index is -0.00000000443. The van der Waals surface area contributed by atoms with Crippen molar-refractivity contribution < 1.29 is 114 Å². The van der Waals surface area contributed by atoms with Crippen molar-refractivity contribution in [2.75, 3.05) is 0 Å². The fourth-order valence-electron chi connectivity index (χ4n) is 0. The molecule has 0 aliphatic heterocycles. The molecule has 0 spiro atoms. The summed E-state index contributed by atoms with van der Waals surface area (Å²) in [5, 5.41) is 0. The molecule has 0 N–H and O–H groups in total. The molecule has 0 bridgehead atoms. The van der Waals surface area contributed by atoms with Gasteiger partial charge in [-0.1, -0.05) is 0 Å². The minimum Gasteiger partial charge on any atom is 0 e. The molecule has 0 aromatic rings. The Labute approximate surface area is 193 Å². The van der Waals surface area contributed by atoms with Crippen molar-refractivity contribution in [3.8, 4) is 79.8 Å².